The highest BCUT2D eigenvalue weighted by Gasteiger charge is 2.72. The largest absolute Gasteiger partial charge is 0.474 e. The van der Waals surface area contributed by atoms with Crippen molar-refractivity contribution < 1.29 is 14.3 Å². The van der Waals surface area contributed by atoms with Gasteiger partial charge in [-0.25, -0.2) is 4.79 Å². The van der Waals surface area contributed by atoms with Crippen molar-refractivity contribution in [1.82, 2.24) is 0 Å². The number of para-hydroxylation sites is 1. The third kappa shape index (κ3) is 1.48. The van der Waals surface area contributed by atoms with Gasteiger partial charge in [-0.1, -0.05) is 55.5 Å². The van der Waals surface area contributed by atoms with Crippen LogP contribution in [0.15, 0.2) is 54.6 Å². The number of carbonyl (C=O) groups excluding carboxylic acids is 1. The number of hydrogen-bond donors (Lipinski definition) is 0. The minimum absolute atomic E-state index is 0.0125. The Bertz CT molecular complexity index is 724. The normalized spacial score (nSPS) is 31.5. The average molecular weight is 294 g/mol. The molecule has 1 aliphatic carbocycles. The molecule has 112 valence electrons. The number of carbonyl (C=O) groups is 1. The molecule has 0 radical (unpaired) electrons. The van der Waals surface area contributed by atoms with Crippen LogP contribution in [0, 0.1) is 5.92 Å². The lowest BCUT2D eigenvalue weighted by molar-refractivity contribution is -0.177. The zero-order valence-electron chi connectivity index (χ0n) is 12.7. The predicted molar refractivity (Wildman–Crippen MR) is 82.9 cm³/mol. The SMILES string of the molecule is COC(=O)[C@]12Oc3ccccc3[C@H]1[C@H](C)[C@H]2c1ccccc1. The van der Waals surface area contributed by atoms with Gasteiger partial charge in [-0.3, -0.25) is 0 Å². The van der Waals surface area contributed by atoms with Crippen molar-refractivity contribution in [2.24, 2.45) is 5.92 Å². The summed E-state index contributed by atoms with van der Waals surface area (Å²) in [6.07, 6.45) is 0. The highest BCUT2D eigenvalue weighted by molar-refractivity contribution is 5.87. The summed E-state index contributed by atoms with van der Waals surface area (Å²) < 4.78 is 11.3. The zero-order chi connectivity index (χ0) is 15.3. The van der Waals surface area contributed by atoms with E-state index < -0.39 is 5.60 Å². The quantitative estimate of drug-likeness (QED) is 0.795. The topological polar surface area (TPSA) is 35.5 Å². The standard InChI is InChI=1S/C19H18O3/c1-12-16(13-8-4-3-5-9-13)19(18(20)21-2)17(12)14-10-6-7-11-15(14)22-19/h3-12,16-17H,1-2H3/t12-,16+,17-,19-/m1/s1. The fourth-order valence-corrected chi connectivity index (χ4v) is 4.37. The predicted octanol–water partition coefficient (Wildman–Crippen LogP) is 3.51. The molecule has 1 heterocycles. The molecule has 0 spiro atoms. The number of ether oxygens (including phenoxy) is 2. The van der Waals surface area contributed by atoms with Crippen LogP contribution in [0.2, 0.25) is 0 Å². The number of hydrogen-bond acceptors (Lipinski definition) is 3. The summed E-state index contributed by atoms with van der Waals surface area (Å²) in [5, 5.41) is 0. The highest BCUT2D eigenvalue weighted by atomic mass is 16.6. The fraction of sp³-hybridized carbons (Fsp3) is 0.316. The summed E-state index contributed by atoms with van der Waals surface area (Å²) in [6.45, 7) is 2.19. The fourth-order valence-electron chi connectivity index (χ4n) is 4.37. The molecule has 2 aromatic rings. The van der Waals surface area contributed by atoms with Gasteiger partial charge in [0.25, 0.3) is 0 Å². The Labute approximate surface area is 129 Å². The summed E-state index contributed by atoms with van der Waals surface area (Å²) in [7, 11) is 1.44. The van der Waals surface area contributed by atoms with Gasteiger partial charge in [0.1, 0.15) is 5.75 Å². The second-order valence-corrected chi connectivity index (χ2v) is 6.15. The molecule has 0 bridgehead atoms. The van der Waals surface area contributed by atoms with Crippen molar-refractivity contribution in [1.29, 1.82) is 0 Å². The first-order valence-electron chi connectivity index (χ1n) is 7.61. The van der Waals surface area contributed by atoms with Crippen molar-refractivity contribution in [3.05, 3.63) is 65.7 Å². The molecule has 1 saturated carbocycles. The van der Waals surface area contributed by atoms with Crippen LogP contribution in [0.25, 0.3) is 0 Å². The van der Waals surface area contributed by atoms with Crippen molar-refractivity contribution in [3.8, 4) is 5.75 Å². The summed E-state index contributed by atoms with van der Waals surface area (Å²) in [5.41, 5.74) is 1.33. The Morgan fingerprint density at radius 2 is 1.73 bits per heavy atom. The van der Waals surface area contributed by atoms with E-state index in [0.717, 1.165) is 16.9 Å². The van der Waals surface area contributed by atoms with E-state index >= 15 is 0 Å². The molecule has 0 saturated heterocycles. The van der Waals surface area contributed by atoms with E-state index in [9.17, 15) is 4.79 Å². The Morgan fingerprint density at radius 1 is 1.05 bits per heavy atom. The first kappa shape index (κ1) is 13.4. The molecule has 1 fully saturated rings. The van der Waals surface area contributed by atoms with Gasteiger partial charge in [-0.05, 0) is 17.5 Å². The van der Waals surface area contributed by atoms with E-state index in [1.165, 1.54) is 7.11 Å². The number of benzene rings is 2. The second-order valence-electron chi connectivity index (χ2n) is 6.15. The Balaban J connectivity index is 1.85. The van der Waals surface area contributed by atoms with Gasteiger partial charge < -0.3 is 9.47 Å². The second kappa shape index (κ2) is 4.60. The van der Waals surface area contributed by atoms with E-state index in [1.54, 1.807) is 0 Å². The van der Waals surface area contributed by atoms with E-state index in [1.807, 2.05) is 36.4 Å². The number of fused-ring (bicyclic) bond motifs is 3. The summed E-state index contributed by atoms with van der Waals surface area (Å²) in [4.78, 5) is 12.6. The van der Waals surface area contributed by atoms with Crippen LogP contribution in [0.4, 0.5) is 0 Å². The minimum atomic E-state index is -0.917. The van der Waals surface area contributed by atoms with Crippen LogP contribution in [-0.4, -0.2) is 18.7 Å². The molecule has 2 aromatic carbocycles. The summed E-state index contributed by atoms with van der Waals surface area (Å²) in [5.74, 6) is 0.925. The molecule has 4 rings (SSSR count). The maximum Gasteiger partial charge on any atom is 0.351 e. The lowest BCUT2D eigenvalue weighted by Gasteiger charge is -2.53. The third-order valence-electron chi connectivity index (χ3n) is 5.17. The molecule has 22 heavy (non-hydrogen) atoms. The molecule has 0 aromatic heterocycles. The van der Waals surface area contributed by atoms with Crippen molar-refractivity contribution >= 4 is 5.97 Å². The highest BCUT2D eigenvalue weighted by Crippen LogP contribution is 2.66. The Hall–Kier alpha value is -2.29. The van der Waals surface area contributed by atoms with E-state index in [2.05, 4.69) is 25.1 Å². The molecule has 3 nitrogen and oxygen atoms in total. The molecule has 3 heteroatoms. The van der Waals surface area contributed by atoms with Gasteiger partial charge in [0.2, 0.25) is 5.60 Å². The number of esters is 1. The average Bonchev–Trinajstić information content (AvgIpc) is 2.85. The zero-order valence-corrected chi connectivity index (χ0v) is 12.7. The molecule has 0 N–H and O–H groups in total. The Kier molecular flexibility index (Phi) is 2.80. The molecule has 2 aliphatic rings. The first-order chi connectivity index (χ1) is 10.7. The molecular formula is C19H18O3. The van der Waals surface area contributed by atoms with Gasteiger partial charge in [-0.15, -0.1) is 0 Å². The smallest absolute Gasteiger partial charge is 0.351 e. The van der Waals surface area contributed by atoms with Crippen molar-refractivity contribution in [2.75, 3.05) is 7.11 Å². The van der Waals surface area contributed by atoms with Gasteiger partial charge in [-0.2, -0.15) is 0 Å². The van der Waals surface area contributed by atoms with Crippen molar-refractivity contribution in [3.63, 3.8) is 0 Å². The lowest BCUT2D eigenvalue weighted by atomic mass is 9.51. The molecule has 0 amide bonds. The van der Waals surface area contributed by atoms with Gasteiger partial charge in [0.15, 0.2) is 0 Å². The van der Waals surface area contributed by atoms with Gasteiger partial charge >= 0.3 is 5.97 Å². The molecule has 4 atom stereocenters. The van der Waals surface area contributed by atoms with Crippen LogP contribution in [0.5, 0.6) is 5.75 Å². The monoisotopic (exact) mass is 294 g/mol. The Morgan fingerprint density at radius 3 is 2.45 bits per heavy atom. The van der Waals surface area contributed by atoms with E-state index in [0.29, 0.717) is 5.92 Å². The summed E-state index contributed by atoms with van der Waals surface area (Å²) in [6, 6.07) is 18.1. The molecule has 0 unspecified atom stereocenters. The lowest BCUT2D eigenvalue weighted by Crippen LogP contribution is -2.64. The van der Waals surface area contributed by atoms with Crippen LogP contribution in [-0.2, 0) is 9.53 Å². The van der Waals surface area contributed by atoms with E-state index in [4.69, 9.17) is 9.47 Å². The number of rotatable bonds is 2. The molecule has 1 aliphatic heterocycles. The van der Waals surface area contributed by atoms with Gasteiger partial charge in [0.05, 0.1) is 7.11 Å². The van der Waals surface area contributed by atoms with E-state index in [-0.39, 0.29) is 17.8 Å². The third-order valence-corrected chi connectivity index (χ3v) is 5.17. The van der Waals surface area contributed by atoms with Crippen LogP contribution in [0.1, 0.15) is 29.9 Å². The minimum Gasteiger partial charge on any atom is -0.474 e. The van der Waals surface area contributed by atoms with Crippen LogP contribution < -0.4 is 4.74 Å². The summed E-state index contributed by atoms with van der Waals surface area (Å²) >= 11 is 0. The van der Waals surface area contributed by atoms with Gasteiger partial charge in [0, 0.05) is 17.4 Å². The van der Waals surface area contributed by atoms with Crippen LogP contribution in [0.3, 0.4) is 0 Å². The maximum atomic E-state index is 12.6. The molecular weight excluding hydrogens is 276 g/mol. The number of methoxy groups -OCH3 is 1. The van der Waals surface area contributed by atoms with Crippen molar-refractivity contribution in [2.45, 2.75) is 24.4 Å². The maximum absolute atomic E-state index is 12.6. The first-order valence-corrected chi connectivity index (χ1v) is 7.61. The van der Waals surface area contributed by atoms with Crippen LogP contribution >= 0.6 is 0 Å².